The first-order valence-electron chi connectivity index (χ1n) is 7.11. The summed E-state index contributed by atoms with van der Waals surface area (Å²) in [5, 5.41) is 0.0783. The number of nitrogens with zero attached hydrogens (tertiary/aromatic N) is 1. The molecule has 1 aromatic carbocycles. The number of thioether (sulfide) groups is 1. The average molecular weight is 307 g/mol. The van der Waals surface area contributed by atoms with Gasteiger partial charge in [0.2, 0.25) is 5.91 Å². The quantitative estimate of drug-likeness (QED) is 0.785. The van der Waals surface area contributed by atoms with Crippen molar-refractivity contribution in [3.63, 3.8) is 0 Å². The van der Waals surface area contributed by atoms with Crippen LogP contribution in [0.25, 0.3) is 0 Å². The van der Waals surface area contributed by atoms with Crippen LogP contribution in [0, 0.1) is 0 Å². The van der Waals surface area contributed by atoms with Gasteiger partial charge in [0.25, 0.3) is 0 Å². The second kappa shape index (κ2) is 6.98. The van der Waals surface area contributed by atoms with Gasteiger partial charge in [-0.3, -0.25) is 9.59 Å². The van der Waals surface area contributed by atoms with Gasteiger partial charge in [0.05, 0.1) is 19.3 Å². The van der Waals surface area contributed by atoms with Crippen molar-refractivity contribution in [3.8, 4) is 0 Å². The Hall–Kier alpha value is -1.49. The second-order valence-corrected chi connectivity index (χ2v) is 6.77. The van der Waals surface area contributed by atoms with E-state index in [4.69, 9.17) is 0 Å². The molecule has 21 heavy (non-hydrogen) atoms. The smallest absolute Gasteiger partial charge is 0.306 e. The molecule has 0 radical (unpaired) electrons. The number of ether oxygens (including phenoxy) is 1. The number of carbonyl (C=O) groups is 2. The number of carbonyl (C=O) groups excluding carboxylic acids is 2. The molecule has 5 heteroatoms. The van der Waals surface area contributed by atoms with E-state index in [9.17, 15) is 9.59 Å². The number of hydrogen-bond acceptors (Lipinski definition) is 4. The topological polar surface area (TPSA) is 46.6 Å². The molecule has 0 aliphatic carbocycles. The minimum atomic E-state index is -0.234. The summed E-state index contributed by atoms with van der Waals surface area (Å²) in [5.74, 6) is 0.258. The van der Waals surface area contributed by atoms with Gasteiger partial charge in [0.1, 0.15) is 0 Å². The largest absolute Gasteiger partial charge is 0.469 e. The summed E-state index contributed by atoms with van der Waals surface area (Å²) >= 11 is 1.50. The highest BCUT2D eigenvalue weighted by Crippen LogP contribution is 2.32. The van der Waals surface area contributed by atoms with E-state index in [1.165, 1.54) is 24.4 Å². The molecule has 2 atom stereocenters. The van der Waals surface area contributed by atoms with E-state index < -0.39 is 0 Å². The Kier molecular flexibility index (Phi) is 5.28. The Morgan fingerprint density at radius 1 is 1.43 bits per heavy atom. The number of para-hydroxylation sites is 1. The lowest BCUT2D eigenvalue weighted by Gasteiger charge is -2.23. The van der Waals surface area contributed by atoms with E-state index in [0.29, 0.717) is 12.2 Å². The van der Waals surface area contributed by atoms with Crippen LogP contribution in [0.4, 0.5) is 5.69 Å². The summed E-state index contributed by atoms with van der Waals surface area (Å²) in [6.07, 6.45) is 1.24. The molecule has 0 bridgehead atoms. The van der Waals surface area contributed by atoms with Crippen molar-refractivity contribution < 1.29 is 14.3 Å². The molecule has 0 N–H and O–H groups in total. The first-order chi connectivity index (χ1) is 10.0. The molecule has 2 unspecified atom stereocenters. The van der Waals surface area contributed by atoms with Crippen molar-refractivity contribution in [3.05, 3.63) is 29.8 Å². The Balaban J connectivity index is 1.93. The zero-order chi connectivity index (χ0) is 15.4. The number of esters is 1. The fraction of sp³-hybridized carbons (Fsp3) is 0.500. The lowest BCUT2D eigenvalue weighted by Crippen LogP contribution is -2.37. The van der Waals surface area contributed by atoms with Gasteiger partial charge in [0, 0.05) is 17.0 Å². The third kappa shape index (κ3) is 3.79. The van der Waals surface area contributed by atoms with Gasteiger partial charge >= 0.3 is 5.97 Å². The standard InChI is InChI=1S/C16H21NO3S/c1-11-8-13-6-4-5-7-14(13)17(11)15(18)10-21-12(2)9-16(19)20-3/h4-7,11-12H,8-10H2,1-3H3. The molecule has 114 valence electrons. The number of amides is 1. The molecule has 1 heterocycles. The maximum atomic E-state index is 12.5. The third-order valence-electron chi connectivity index (χ3n) is 3.65. The van der Waals surface area contributed by atoms with Crippen molar-refractivity contribution in [2.45, 2.75) is 38.0 Å². The van der Waals surface area contributed by atoms with Gasteiger partial charge in [-0.1, -0.05) is 25.1 Å². The number of hydrogen-bond donors (Lipinski definition) is 0. The molecular weight excluding hydrogens is 286 g/mol. The molecule has 0 fully saturated rings. The highest BCUT2D eigenvalue weighted by atomic mass is 32.2. The highest BCUT2D eigenvalue weighted by Gasteiger charge is 2.30. The van der Waals surface area contributed by atoms with Gasteiger partial charge in [-0.15, -0.1) is 11.8 Å². The van der Waals surface area contributed by atoms with Gasteiger partial charge < -0.3 is 9.64 Å². The Morgan fingerprint density at radius 3 is 2.86 bits per heavy atom. The van der Waals surface area contributed by atoms with Crippen LogP contribution >= 0.6 is 11.8 Å². The summed E-state index contributed by atoms with van der Waals surface area (Å²) in [4.78, 5) is 25.6. The van der Waals surface area contributed by atoms with Crippen molar-refractivity contribution in [1.29, 1.82) is 0 Å². The van der Waals surface area contributed by atoms with E-state index >= 15 is 0 Å². The summed E-state index contributed by atoms with van der Waals surface area (Å²) in [5.41, 5.74) is 2.25. The van der Waals surface area contributed by atoms with E-state index in [0.717, 1.165) is 12.1 Å². The van der Waals surface area contributed by atoms with Crippen LogP contribution in [0.2, 0.25) is 0 Å². The van der Waals surface area contributed by atoms with Crippen molar-refractivity contribution >= 4 is 29.3 Å². The van der Waals surface area contributed by atoms with Crippen LogP contribution in [0.1, 0.15) is 25.8 Å². The normalized spacial score (nSPS) is 18.2. The molecule has 0 saturated heterocycles. The maximum absolute atomic E-state index is 12.5. The lowest BCUT2D eigenvalue weighted by atomic mass is 10.1. The Labute approximate surface area is 129 Å². The zero-order valence-corrected chi connectivity index (χ0v) is 13.5. The van der Waals surface area contributed by atoms with Gasteiger partial charge in [-0.25, -0.2) is 0 Å². The van der Waals surface area contributed by atoms with Gasteiger partial charge in [0.15, 0.2) is 0 Å². The van der Waals surface area contributed by atoms with E-state index in [2.05, 4.69) is 17.7 Å². The first kappa shape index (κ1) is 15.9. The second-order valence-electron chi connectivity index (χ2n) is 5.35. The summed E-state index contributed by atoms with van der Waals surface area (Å²) in [6.45, 7) is 4.01. The van der Waals surface area contributed by atoms with Crippen molar-refractivity contribution in [2.75, 3.05) is 17.8 Å². The molecule has 0 spiro atoms. The minimum Gasteiger partial charge on any atom is -0.469 e. The first-order valence-corrected chi connectivity index (χ1v) is 8.16. The lowest BCUT2D eigenvalue weighted by molar-refractivity contribution is -0.140. The van der Waals surface area contributed by atoms with Crippen LogP contribution in [0.5, 0.6) is 0 Å². The fourth-order valence-electron chi connectivity index (χ4n) is 2.61. The Bertz CT molecular complexity index is 532. The molecule has 1 amide bonds. The fourth-order valence-corrected chi connectivity index (χ4v) is 3.43. The minimum absolute atomic E-state index is 0.0783. The Morgan fingerprint density at radius 2 is 2.14 bits per heavy atom. The molecule has 1 aromatic rings. The zero-order valence-electron chi connectivity index (χ0n) is 12.7. The number of rotatable bonds is 5. The number of benzene rings is 1. The van der Waals surface area contributed by atoms with Gasteiger partial charge in [-0.05, 0) is 25.0 Å². The van der Waals surface area contributed by atoms with Crippen LogP contribution in [-0.4, -0.2) is 36.0 Å². The van der Waals surface area contributed by atoms with Crippen molar-refractivity contribution in [1.82, 2.24) is 0 Å². The molecule has 0 saturated carbocycles. The monoisotopic (exact) mass is 307 g/mol. The number of methoxy groups -OCH3 is 1. The van der Waals surface area contributed by atoms with E-state index in [1.807, 2.05) is 30.0 Å². The molecule has 2 rings (SSSR count). The van der Waals surface area contributed by atoms with Crippen LogP contribution in [0.15, 0.2) is 24.3 Å². The summed E-state index contributed by atoms with van der Waals surface area (Å²) in [7, 11) is 1.38. The third-order valence-corrected chi connectivity index (χ3v) is 4.80. The predicted octanol–water partition coefficient (Wildman–Crippen LogP) is 2.65. The van der Waals surface area contributed by atoms with Crippen LogP contribution in [-0.2, 0) is 20.7 Å². The van der Waals surface area contributed by atoms with Gasteiger partial charge in [-0.2, -0.15) is 0 Å². The average Bonchev–Trinajstić information content (AvgIpc) is 2.80. The van der Waals surface area contributed by atoms with E-state index in [-0.39, 0.29) is 23.2 Å². The highest BCUT2D eigenvalue weighted by molar-refractivity contribution is 8.00. The number of anilines is 1. The van der Waals surface area contributed by atoms with Crippen LogP contribution < -0.4 is 4.90 Å². The molecule has 1 aliphatic rings. The molecule has 0 aromatic heterocycles. The maximum Gasteiger partial charge on any atom is 0.306 e. The molecular formula is C16H21NO3S. The molecule has 1 aliphatic heterocycles. The van der Waals surface area contributed by atoms with Crippen LogP contribution in [0.3, 0.4) is 0 Å². The summed E-state index contributed by atoms with van der Waals surface area (Å²) < 4.78 is 4.64. The van der Waals surface area contributed by atoms with Crippen molar-refractivity contribution in [2.24, 2.45) is 0 Å². The summed E-state index contributed by atoms with van der Waals surface area (Å²) in [6, 6.07) is 8.24. The molecule has 4 nitrogen and oxygen atoms in total. The SMILES string of the molecule is COC(=O)CC(C)SCC(=O)N1c2ccccc2CC1C. The number of fused-ring (bicyclic) bond motifs is 1. The van der Waals surface area contributed by atoms with E-state index in [1.54, 1.807) is 0 Å². The predicted molar refractivity (Wildman–Crippen MR) is 85.6 cm³/mol.